The van der Waals surface area contributed by atoms with Gasteiger partial charge >= 0.3 is 0 Å². The second-order valence-electron chi connectivity index (χ2n) is 5.99. The Kier molecular flexibility index (Phi) is 4.23. The highest BCUT2D eigenvalue weighted by Gasteiger charge is 2.22. The number of para-hydroxylation sites is 1. The van der Waals surface area contributed by atoms with Gasteiger partial charge in [0, 0.05) is 12.3 Å². The Morgan fingerprint density at radius 2 is 1.81 bits per heavy atom. The number of hydrogen-bond acceptors (Lipinski definition) is 5. The Labute approximate surface area is 149 Å². The minimum absolute atomic E-state index is 0.0183. The van der Waals surface area contributed by atoms with Crippen molar-refractivity contribution in [3.8, 4) is 0 Å². The summed E-state index contributed by atoms with van der Waals surface area (Å²) in [5.74, 6) is 1.18. The molecular weight excluding hydrogens is 330 g/mol. The van der Waals surface area contributed by atoms with Crippen molar-refractivity contribution in [2.24, 2.45) is 0 Å². The van der Waals surface area contributed by atoms with E-state index in [0.717, 1.165) is 16.5 Å². The highest BCUT2D eigenvalue weighted by atomic mass is 16.4. The van der Waals surface area contributed by atoms with Crippen molar-refractivity contribution >= 4 is 16.9 Å². The zero-order valence-electron chi connectivity index (χ0n) is 14.2. The molecule has 0 spiro atoms. The maximum atomic E-state index is 12.5. The van der Waals surface area contributed by atoms with E-state index < -0.39 is 6.04 Å². The lowest BCUT2D eigenvalue weighted by atomic mass is 10.0. The van der Waals surface area contributed by atoms with Crippen molar-refractivity contribution < 1.29 is 13.6 Å². The third-order valence-corrected chi connectivity index (χ3v) is 4.05. The number of fused-ring (bicyclic) bond motifs is 1. The molecule has 2 aromatic carbocycles. The lowest BCUT2D eigenvalue weighted by Gasteiger charge is -2.16. The summed E-state index contributed by atoms with van der Waals surface area (Å²) in [5, 5.41) is 11.6. The molecule has 0 fully saturated rings. The van der Waals surface area contributed by atoms with Gasteiger partial charge in [-0.3, -0.25) is 4.79 Å². The van der Waals surface area contributed by atoms with E-state index in [0.29, 0.717) is 11.7 Å². The molecule has 1 N–H and O–H groups in total. The molecule has 0 aliphatic carbocycles. The van der Waals surface area contributed by atoms with Gasteiger partial charge in [0.15, 0.2) is 0 Å². The van der Waals surface area contributed by atoms with E-state index in [1.165, 1.54) is 0 Å². The van der Waals surface area contributed by atoms with Crippen LogP contribution >= 0.6 is 0 Å². The van der Waals surface area contributed by atoms with Crippen LogP contribution in [-0.4, -0.2) is 16.1 Å². The largest absolute Gasteiger partial charge is 0.459 e. The van der Waals surface area contributed by atoms with Crippen LogP contribution in [0.15, 0.2) is 69.5 Å². The van der Waals surface area contributed by atoms with Crippen molar-refractivity contribution in [3.05, 3.63) is 83.8 Å². The zero-order valence-corrected chi connectivity index (χ0v) is 14.2. The van der Waals surface area contributed by atoms with Crippen LogP contribution in [0.1, 0.15) is 29.1 Å². The summed E-state index contributed by atoms with van der Waals surface area (Å²) in [6.07, 6.45) is 0.0183. The predicted octanol–water partition coefficient (Wildman–Crippen LogP) is 3.57. The number of carbonyl (C=O) groups excluding carboxylic acids is 1. The Bertz CT molecular complexity index is 1000. The molecule has 0 aliphatic rings. The molecule has 2 aromatic heterocycles. The van der Waals surface area contributed by atoms with Crippen LogP contribution in [0.5, 0.6) is 0 Å². The van der Waals surface area contributed by atoms with Gasteiger partial charge in [-0.2, -0.15) is 0 Å². The summed E-state index contributed by atoms with van der Waals surface area (Å²) >= 11 is 0. The summed E-state index contributed by atoms with van der Waals surface area (Å²) in [6.45, 7) is 1.69. The Morgan fingerprint density at radius 3 is 2.54 bits per heavy atom. The summed E-state index contributed by atoms with van der Waals surface area (Å²) < 4.78 is 11.3. The van der Waals surface area contributed by atoms with E-state index in [9.17, 15) is 4.79 Å². The Hall–Kier alpha value is -3.41. The van der Waals surface area contributed by atoms with Gasteiger partial charge in [-0.25, -0.2) is 0 Å². The topological polar surface area (TPSA) is 81.2 Å². The van der Waals surface area contributed by atoms with Crippen LogP contribution in [-0.2, 0) is 11.2 Å². The third-order valence-electron chi connectivity index (χ3n) is 4.05. The SMILES string of the molecule is Cc1nnc(CC(=O)NC(c2ccccc2)c2cc3ccccc3o2)o1. The number of amides is 1. The number of carbonyl (C=O) groups is 1. The van der Waals surface area contributed by atoms with Crippen molar-refractivity contribution in [1.82, 2.24) is 15.5 Å². The molecule has 130 valence electrons. The maximum Gasteiger partial charge on any atom is 0.230 e. The van der Waals surface area contributed by atoms with Crippen molar-refractivity contribution in [3.63, 3.8) is 0 Å². The average molecular weight is 347 g/mol. The van der Waals surface area contributed by atoms with Gasteiger partial charge < -0.3 is 14.2 Å². The second kappa shape index (κ2) is 6.84. The summed E-state index contributed by atoms with van der Waals surface area (Å²) in [5.41, 5.74) is 1.71. The van der Waals surface area contributed by atoms with Gasteiger partial charge in [-0.15, -0.1) is 10.2 Å². The lowest BCUT2D eigenvalue weighted by molar-refractivity contribution is -0.121. The predicted molar refractivity (Wildman–Crippen MR) is 95.4 cm³/mol. The van der Waals surface area contributed by atoms with Crippen molar-refractivity contribution in [2.75, 3.05) is 0 Å². The van der Waals surface area contributed by atoms with Gasteiger partial charge in [0.2, 0.25) is 17.7 Å². The number of nitrogens with one attached hydrogen (secondary N) is 1. The van der Waals surface area contributed by atoms with E-state index in [-0.39, 0.29) is 18.2 Å². The van der Waals surface area contributed by atoms with Gasteiger partial charge in [0.1, 0.15) is 23.8 Å². The minimum atomic E-state index is -0.403. The van der Waals surface area contributed by atoms with Gasteiger partial charge in [0.25, 0.3) is 0 Å². The molecule has 0 aliphatic heterocycles. The summed E-state index contributed by atoms with van der Waals surface area (Å²) in [6, 6.07) is 19.0. The highest BCUT2D eigenvalue weighted by molar-refractivity contribution is 5.80. The van der Waals surface area contributed by atoms with Gasteiger partial charge in [-0.05, 0) is 17.7 Å². The smallest absolute Gasteiger partial charge is 0.230 e. The first-order valence-corrected chi connectivity index (χ1v) is 8.31. The van der Waals surface area contributed by atoms with Crippen LogP contribution in [0.3, 0.4) is 0 Å². The van der Waals surface area contributed by atoms with E-state index in [4.69, 9.17) is 8.83 Å². The first-order chi connectivity index (χ1) is 12.7. The number of furan rings is 1. The molecule has 1 amide bonds. The highest BCUT2D eigenvalue weighted by Crippen LogP contribution is 2.28. The molecule has 0 saturated heterocycles. The Morgan fingerprint density at radius 1 is 1.04 bits per heavy atom. The molecule has 1 unspecified atom stereocenters. The van der Waals surface area contributed by atoms with Gasteiger partial charge in [0.05, 0.1) is 0 Å². The normalized spacial score (nSPS) is 12.2. The Balaban J connectivity index is 1.63. The molecule has 6 nitrogen and oxygen atoms in total. The summed E-state index contributed by atoms with van der Waals surface area (Å²) in [4.78, 5) is 12.5. The quantitative estimate of drug-likeness (QED) is 0.597. The summed E-state index contributed by atoms with van der Waals surface area (Å²) in [7, 11) is 0. The molecule has 0 radical (unpaired) electrons. The molecular formula is C20H17N3O3. The van der Waals surface area contributed by atoms with E-state index in [2.05, 4.69) is 15.5 Å². The molecule has 26 heavy (non-hydrogen) atoms. The van der Waals surface area contributed by atoms with Crippen LogP contribution in [0.25, 0.3) is 11.0 Å². The molecule has 6 heteroatoms. The van der Waals surface area contributed by atoms with Crippen LogP contribution in [0.2, 0.25) is 0 Å². The fourth-order valence-electron chi connectivity index (χ4n) is 2.87. The van der Waals surface area contributed by atoms with Crippen molar-refractivity contribution in [2.45, 2.75) is 19.4 Å². The molecule has 0 bridgehead atoms. The zero-order chi connectivity index (χ0) is 17.9. The first kappa shape index (κ1) is 16.1. The third kappa shape index (κ3) is 3.35. The average Bonchev–Trinajstić information content (AvgIpc) is 3.26. The molecule has 0 saturated carbocycles. The van der Waals surface area contributed by atoms with E-state index in [1.54, 1.807) is 6.92 Å². The maximum absolute atomic E-state index is 12.5. The molecule has 4 rings (SSSR count). The molecule has 2 heterocycles. The number of aromatic nitrogens is 2. The number of aryl methyl sites for hydroxylation is 1. The number of nitrogens with zero attached hydrogens (tertiary/aromatic N) is 2. The van der Waals surface area contributed by atoms with E-state index in [1.807, 2.05) is 60.7 Å². The monoisotopic (exact) mass is 347 g/mol. The fourth-order valence-corrected chi connectivity index (χ4v) is 2.87. The number of benzene rings is 2. The number of hydrogen-bond donors (Lipinski definition) is 1. The molecule has 4 aromatic rings. The van der Waals surface area contributed by atoms with E-state index >= 15 is 0 Å². The standard InChI is InChI=1S/C20H17N3O3/c1-13-22-23-19(25-13)12-18(24)21-20(14-7-3-2-4-8-14)17-11-15-9-5-6-10-16(15)26-17/h2-11,20H,12H2,1H3,(H,21,24). The van der Waals surface area contributed by atoms with Crippen LogP contribution in [0, 0.1) is 6.92 Å². The van der Waals surface area contributed by atoms with Gasteiger partial charge in [-0.1, -0.05) is 48.5 Å². The molecule has 1 atom stereocenters. The van der Waals surface area contributed by atoms with Crippen molar-refractivity contribution in [1.29, 1.82) is 0 Å². The minimum Gasteiger partial charge on any atom is -0.459 e. The fraction of sp³-hybridized carbons (Fsp3) is 0.150. The van der Waals surface area contributed by atoms with Crippen LogP contribution in [0.4, 0.5) is 0 Å². The van der Waals surface area contributed by atoms with Crippen LogP contribution < -0.4 is 5.32 Å². The lowest BCUT2D eigenvalue weighted by Crippen LogP contribution is -2.30. The number of rotatable bonds is 5. The second-order valence-corrected chi connectivity index (χ2v) is 5.99. The first-order valence-electron chi connectivity index (χ1n) is 8.31.